The predicted molar refractivity (Wildman–Crippen MR) is 70.0 cm³/mol. The largest absolute Gasteiger partial charge is 0.383 e. The van der Waals surface area contributed by atoms with Gasteiger partial charge in [0.2, 0.25) is 0 Å². The molecule has 2 N–H and O–H groups in total. The third kappa shape index (κ3) is 1.93. The normalized spacial score (nSPS) is 11.3. The average molecular weight is 259 g/mol. The van der Waals surface area contributed by atoms with Gasteiger partial charge in [0.1, 0.15) is 17.2 Å². The van der Waals surface area contributed by atoms with Crippen molar-refractivity contribution in [2.45, 2.75) is 6.43 Å². The summed E-state index contributed by atoms with van der Waals surface area (Å²) in [6.45, 7) is 0. The first-order chi connectivity index (χ1) is 9.16. The summed E-state index contributed by atoms with van der Waals surface area (Å²) in [5, 5.41) is 0. The maximum absolute atomic E-state index is 12.7. The van der Waals surface area contributed by atoms with Crippen LogP contribution in [-0.4, -0.2) is 9.38 Å². The van der Waals surface area contributed by atoms with Crippen LogP contribution >= 0.6 is 0 Å². The van der Waals surface area contributed by atoms with Crippen LogP contribution in [0.3, 0.4) is 0 Å². The smallest absolute Gasteiger partial charge is 0.263 e. The second-order valence-electron chi connectivity index (χ2n) is 4.20. The van der Waals surface area contributed by atoms with Crippen molar-refractivity contribution in [1.82, 2.24) is 9.38 Å². The number of halogens is 2. The number of nitrogens with two attached hydrogens (primary N) is 1. The molecule has 19 heavy (non-hydrogen) atoms. The highest BCUT2D eigenvalue weighted by Crippen LogP contribution is 2.29. The van der Waals surface area contributed by atoms with Crippen molar-refractivity contribution < 1.29 is 8.78 Å². The van der Waals surface area contributed by atoms with Crippen molar-refractivity contribution in [3.63, 3.8) is 0 Å². The number of nitrogens with zero attached hydrogens (tertiary/aromatic N) is 2. The molecule has 0 saturated carbocycles. The highest BCUT2D eigenvalue weighted by atomic mass is 19.3. The number of nitrogen functional groups attached to an aromatic ring is 1. The number of alkyl halides is 2. The summed E-state index contributed by atoms with van der Waals surface area (Å²) in [5.74, 6) is 0.446. The van der Waals surface area contributed by atoms with E-state index in [1.807, 2.05) is 18.2 Å². The number of imidazole rings is 1. The molecule has 1 aromatic carbocycles. The average Bonchev–Trinajstić information content (AvgIpc) is 2.77. The van der Waals surface area contributed by atoms with Gasteiger partial charge < -0.3 is 5.73 Å². The molecule has 0 saturated heterocycles. The first-order valence-corrected chi connectivity index (χ1v) is 5.78. The van der Waals surface area contributed by atoms with Crippen LogP contribution in [0.5, 0.6) is 0 Å². The van der Waals surface area contributed by atoms with E-state index in [0.717, 1.165) is 0 Å². The molecule has 0 aliphatic heterocycles. The number of hydrogen-bond acceptors (Lipinski definition) is 2. The number of aromatic nitrogens is 2. The van der Waals surface area contributed by atoms with E-state index in [-0.39, 0.29) is 5.56 Å². The third-order valence-electron chi connectivity index (χ3n) is 2.98. The zero-order valence-corrected chi connectivity index (χ0v) is 9.92. The van der Waals surface area contributed by atoms with Gasteiger partial charge in [0.15, 0.2) is 0 Å². The fourth-order valence-corrected chi connectivity index (χ4v) is 2.05. The molecule has 0 radical (unpaired) electrons. The maximum Gasteiger partial charge on any atom is 0.263 e. The zero-order valence-electron chi connectivity index (χ0n) is 9.92. The first kappa shape index (κ1) is 11.6. The van der Waals surface area contributed by atoms with Crippen molar-refractivity contribution in [3.05, 3.63) is 54.2 Å². The van der Waals surface area contributed by atoms with E-state index in [0.29, 0.717) is 22.7 Å². The molecule has 0 aliphatic carbocycles. The Balaban J connectivity index is 2.19. The second kappa shape index (κ2) is 4.35. The third-order valence-corrected chi connectivity index (χ3v) is 2.98. The Kier molecular flexibility index (Phi) is 2.67. The SMILES string of the molecule is Nc1c(-c2cccc(C(F)F)c2)nc2ccccn12. The monoisotopic (exact) mass is 259 g/mol. The summed E-state index contributed by atoms with van der Waals surface area (Å²) in [6.07, 6.45) is -0.712. The van der Waals surface area contributed by atoms with Crippen molar-refractivity contribution in [1.29, 1.82) is 0 Å². The summed E-state index contributed by atoms with van der Waals surface area (Å²) < 4.78 is 27.1. The molecule has 3 rings (SSSR count). The van der Waals surface area contributed by atoms with E-state index in [4.69, 9.17) is 5.73 Å². The zero-order chi connectivity index (χ0) is 13.4. The molecule has 0 amide bonds. The summed E-state index contributed by atoms with van der Waals surface area (Å²) in [5.41, 5.74) is 7.79. The minimum absolute atomic E-state index is 0.0334. The minimum Gasteiger partial charge on any atom is -0.383 e. The molecule has 2 heterocycles. The van der Waals surface area contributed by atoms with Crippen LogP contribution in [0.2, 0.25) is 0 Å². The molecule has 0 unspecified atom stereocenters. The van der Waals surface area contributed by atoms with Gasteiger partial charge in [0.05, 0.1) is 0 Å². The number of pyridine rings is 1. The van der Waals surface area contributed by atoms with Gasteiger partial charge in [-0.2, -0.15) is 0 Å². The fraction of sp³-hybridized carbons (Fsp3) is 0.0714. The Morgan fingerprint density at radius 3 is 2.68 bits per heavy atom. The van der Waals surface area contributed by atoms with Gasteiger partial charge in [0.25, 0.3) is 6.43 Å². The standard InChI is InChI=1S/C14H11F2N3/c15-13(16)10-5-3-4-9(8-10)12-14(17)19-7-2-1-6-11(19)18-12/h1-8,13H,17H2. The van der Waals surface area contributed by atoms with Gasteiger partial charge in [-0.05, 0) is 18.2 Å². The molecular formula is C14H11F2N3. The van der Waals surface area contributed by atoms with Gasteiger partial charge in [-0.15, -0.1) is 0 Å². The van der Waals surface area contributed by atoms with Crippen LogP contribution in [-0.2, 0) is 0 Å². The summed E-state index contributed by atoms with van der Waals surface area (Å²) in [4.78, 5) is 4.38. The van der Waals surface area contributed by atoms with E-state index >= 15 is 0 Å². The molecule has 0 spiro atoms. The van der Waals surface area contributed by atoms with Crippen molar-refractivity contribution in [2.75, 3.05) is 5.73 Å². The molecule has 0 bridgehead atoms. The molecule has 2 aromatic heterocycles. The van der Waals surface area contributed by atoms with E-state index < -0.39 is 6.43 Å². The topological polar surface area (TPSA) is 43.3 Å². The van der Waals surface area contributed by atoms with Crippen molar-refractivity contribution in [2.24, 2.45) is 0 Å². The van der Waals surface area contributed by atoms with Crippen molar-refractivity contribution >= 4 is 11.5 Å². The lowest BCUT2D eigenvalue weighted by atomic mass is 10.1. The number of benzene rings is 1. The van der Waals surface area contributed by atoms with Crippen LogP contribution in [0.1, 0.15) is 12.0 Å². The van der Waals surface area contributed by atoms with Gasteiger partial charge >= 0.3 is 0 Å². The van der Waals surface area contributed by atoms with Crippen LogP contribution in [0.15, 0.2) is 48.7 Å². The molecule has 0 fully saturated rings. The first-order valence-electron chi connectivity index (χ1n) is 5.78. The van der Waals surface area contributed by atoms with Gasteiger partial charge in [0, 0.05) is 17.3 Å². The summed E-state index contributed by atoms with van der Waals surface area (Å²) in [7, 11) is 0. The van der Waals surface area contributed by atoms with E-state index in [1.165, 1.54) is 12.1 Å². The lowest BCUT2D eigenvalue weighted by Gasteiger charge is -2.03. The molecular weight excluding hydrogens is 248 g/mol. The van der Waals surface area contributed by atoms with Crippen LogP contribution in [0.4, 0.5) is 14.6 Å². The lowest BCUT2D eigenvalue weighted by molar-refractivity contribution is 0.151. The summed E-state index contributed by atoms with van der Waals surface area (Å²) in [6, 6.07) is 11.6. The Labute approximate surface area is 108 Å². The van der Waals surface area contributed by atoms with Crippen LogP contribution in [0.25, 0.3) is 16.9 Å². The number of fused-ring (bicyclic) bond motifs is 1. The highest BCUT2D eigenvalue weighted by molar-refractivity contribution is 5.75. The Morgan fingerprint density at radius 2 is 1.95 bits per heavy atom. The molecule has 3 nitrogen and oxygen atoms in total. The Hall–Kier alpha value is -2.43. The Bertz CT molecular complexity index is 734. The lowest BCUT2D eigenvalue weighted by Crippen LogP contribution is -1.94. The van der Waals surface area contributed by atoms with E-state index in [2.05, 4.69) is 4.98 Å². The van der Waals surface area contributed by atoms with Gasteiger partial charge in [-0.25, -0.2) is 13.8 Å². The molecule has 96 valence electrons. The Morgan fingerprint density at radius 1 is 1.11 bits per heavy atom. The number of anilines is 1. The van der Waals surface area contributed by atoms with Gasteiger partial charge in [-0.3, -0.25) is 4.40 Å². The van der Waals surface area contributed by atoms with E-state index in [9.17, 15) is 8.78 Å². The van der Waals surface area contributed by atoms with E-state index in [1.54, 1.807) is 22.7 Å². The second-order valence-corrected chi connectivity index (χ2v) is 4.20. The van der Waals surface area contributed by atoms with Crippen LogP contribution in [0, 0.1) is 0 Å². The number of hydrogen-bond donors (Lipinski definition) is 1. The van der Waals surface area contributed by atoms with Crippen molar-refractivity contribution in [3.8, 4) is 11.3 Å². The molecule has 0 aliphatic rings. The molecule has 0 atom stereocenters. The minimum atomic E-state index is -2.50. The fourth-order valence-electron chi connectivity index (χ4n) is 2.05. The number of rotatable bonds is 2. The molecule has 3 aromatic rings. The van der Waals surface area contributed by atoms with Gasteiger partial charge in [-0.1, -0.05) is 24.3 Å². The predicted octanol–water partition coefficient (Wildman–Crippen LogP) is 3.52. The summed E-state index contributed by atoms with van der Waals surface area (Å²) >= 11 is 0. The maximum atomic E-state index is 12.7. The highest BCUT2D eigenvalue weighted by Gasteiger charge is 2.13. The van der Waals surface area contributed by atoms with Crippen LogP contribution < -0.4 is 5.73 Å². The molecule has 5 heteroatoms. The quantitative estimate of drug-likeness (QED) is 0.765.